The molecule has 0 fully saturated rings. The lowest BCUT2D eigenvalue weighted by atomic mass is 10.3. The van der Waals surface area contributed by atoms with Crippen molar-refractivity contribution in [2.45, 2.75) is 13.3 Å². The van der Waals surface area contributed by atoms with Gasteiger partial charge in [0, 0.05) is 5.88 Å². The van der Waals surface area contributed by atoms with Crippen molar-refractivity contribution in [3.63, 3.8) is 0 Å². The van der Waals surface area contributed by atoms with Crippen molar-refractivity contribution in [1.82, 2.24) is 0 Å². The molecule has 0 aliphatic heterocycles. The van der Waals surface area contributed by atoms with Gasteiger partial charge in [0.15, 0.2) is 0 Å². The van der Waals surface area contributed by atoms with Crippen LogP contribution in [0.1, 0.15) is 13.3 Å². The van der Waals surface area contributed by atoms with Crippen molar-refractivity contribution in [2.24, 2.45) is 0 Å². The van der Waals surface area contributed by atoms with E-state index < -0.39 is 0 Å². The van der Waals surface area contributed by atoms with E-state index in [0.717, 1.165) is 6.42 Å². The van der Waals surface area contributed by atoms with Gasteiger partial charge in [0.1, 0.15) is 0 Å². The second-order valence-corrected chi connectivity index (χ2v) is 1.98. The monoisotopic (exact) mass is 130 g/mol. The molecule has 0 radical (unpaired) electrons. The van der Waals surface area contributed by atoms with Crippen LogP contribution in [-0.4, -0.2) is 5.88 Å². The molecule has 0 amide bonds. The summed E-state index contributed by atoms with van der Waals surface area (Å²) in [6.07, 6.45) is 4.86. The molecule has 0 aromatic heterocycles. The standard InChI is InChI=1S/C7H11Cl/c1-3-4-5-7(2)6-8/h3,5H,1,4,6H2,2H3/b7-5+. The highest BCUT2D eigenvalue weighted by atomic mass is 35.5. The summed E-state index contributed by atoms with van der Waals surface area (Å²) in [5.74, 6) is 0.633. The van der Waals surface area contributed by atoms with Crippen molar-refractivity contribution in [2.75, 3.05) is 5.88 Å². The minimum atomic E-state index is 0.633. The number of hydrogen-bond donors (Lipinski definition) is 0. The molecule has 0 atom stereocenters. The summed E-state index contributed by atoms with van der Waals surface area (Å²) in [4.78, 5) is 0. The van der Waals surface area contributed by atoms with Crippen molar-refractivity contribution < 1.29 is 0 Å². The molecule has 8 heavy (non-hydrogen) atoms. The van der Waals surface area contributed by atoms with Gasteiger partial charge < -0.3 is 0 Å². The zero-order valence-corrected chi connectivity index (χ0v) is 5.91. The second kappa shape index (κ2) is 4.92. The SMILES string of the molecule is C=CC/C=C(\C)CCl. The zero-order valence-electron chi connectivity index (χ0n) is 5.15. The predicted octanol–water partition coefficient (Wildman–Crippen LogP) is 2.75. The van der Waals surface area contributed by atoms with Crippen LogP contribution in [0.5, 0.6) is 0 Å². The highest BCUT2D eigenvalue weighted by Gasteiger charge is 1.79. The van der Waals surface area contributed by atoms with Crippen LogP contribution in [0.4, 0.5) is 0 Å². The molecule has 46 valence electrons. The fourth-order valence-corrected chi connectivity index (χ4v) is 0.448. The van der Waals surface area contributed by atoms with Gasteiger partial charge in [0.25, 0.3) is 0 Å². The Morgan fingerprint density at radius 1 is 1.75 bits per heavy atom. The molecule has 0 saturated heterocycles. The quantitative estimate of drug-likeness (QED) is 0.407. The first-order valence-corrected chi connectivity index (χ1v) is 3.17. The molecule has 0 aromatic carbocycles. The third kappa shape index (κ3) is 3.94. The Hall–Kier alpha value is -0.230. The van der Waals surface area contributed by atoms with E-state index in [1.54, 1.807) is 0 Å². The molecular weight excluding hydrogens is 120 g/mol. The summed E-state index contributed by atoms with van der Waals surface area (Å²) in [5.41, 5.74) is 1.21. The smallest absolute Gasteiger partial charge is 0.0430 e. The van der Waals surface area contributed by atoms with E-state index in [1.807, 2.05) is 13.0 Å². The van der Waals surface area contributed by atoms with Gasteiger partial charge in [0.2, 0.25) is 0 Å². The lowest BCUT2D eigenvalue weighted by Gasteiger charge is -1.87. The van der Waals surface area contributed by atoms with Crippen LogP contribution in [0, 0.1) is 0 Å². The Morgan fingerprint density at radius 3 is 2.75 bits per heavy atom. The normalized spacial score (nSPS) is 11.5. The fourth-order valence-electron chi connectivity index (χ4n) is 0.339. The van der Waals surface area contributed by atoms with Gasteiger partial charge in [-0.15, -0.1) is 18.2 Å². The molecule has 0 aromatic rings. The average Bonchev–Trinajstić information content (AvgIpc) is 1.83. The summed E-state index contributed by atoms with van der Waals surface area (Å²) in [7, 11) is 0. The van der Waals surface area contributed by atoms with Gasteiger partial charge in [0.05, 0.1) is 0 Å². The van der Waals surface area contributed by atoms with Crippen molar-refractivity contribution in [3.8, 4) is 0 Å². The maximum atomic E-state index is 5.49. The maximum Gasteiger partial charge on any atom is 0.0430 e. The fraction of sp³-hybridized carbons (Fsp3) is 0.429. The molecule has 0 bridgehead atoms. The zero-order chi connectivity index (χ0) is 6.41. The van der Waals surface area contributed by atoms with Crippen LogP contribution >= 0.6 is 11.6 Å². The predicted molar refractivity (Wildman–Crippen MR) is 39.3 cm³/mol. The molecule has 0 aliphatic carbocycles. The van der Waals surface area contributed by atoms with E-state index in [0.29, 0.717) is 5.88 Å². The molecule has 0 heterocycles. The van der Waals surface area contributed by atoms with E-state index in [9.17, 15) is 0 Å². The highest BCUT2D eigenvalue weighted by molar-refractivity contribution is 6.19. The average molecular weight is 131 g/mol. The minimum absolute atomic E-state index is 0.633. The Kier molecular flexibility index (Phi) is 4.78. The number of halogens is 1. The van der Waals surface area contributed by atoms with E-state index in [1.165, 1.54) is 5.57 Å². The third-order valence-electron chi connectivity index (χ3n) is 0.844. The summed E-state index contributed by atoms with van der Waals surface area (Å²) in [6.45, 7) is 5.59. The summed E-state index contributed by atoms with van der Waals surface area (Å²) < 4.78 is 0. The topological polar surface area (TPSA) is 0 Å². The van der Waals surface area contributed by atoms with Crippen molar-refractivity contribution in [3.05, 3.63) is 24.3 Å². The Labute approximate surface area is 55.9 Å². The number of rotatable bonds is 3. The molecule has 0 nitrogen and oxygen atoms in total. The Morgan fingerprint density at radius 2 is 2.38 bits per heavy atom. The van der Waals surface area contributed by atoms with E-state index >= 15 is 0 Å². The lowest BCUT2D eigenvalue weighted by Crippen LogP contribution is -1.73. The van der Waals surface area contributed by atoms with E-state index in [4.69, 9.17) is 11.6 Å². The first kappa shape index (κ1) is 7.77. The molecule has 0 spiro atoms. The first-order valence-electron chi connectivity index (χ1n) is 2.63. The first-order chi connectivity index (χ1) is 3.81. The molecule has 0 saturated carbocycles. The van der Waals surface area contributed by atoms with Crippen LogP contribution in [0.15, 0.2) is 24.3 Å². The van der Waals surface area contributed by atoms with Gasteiger partial charge in [-0.3, -0.25) is 0 Å². The molecule has 0 aliphatic rings. The van der Waals surface area contributed by atoms with Gasteiger partial charge in [-0.1, -0.05) is 17.7 Å². The minimum Gasteiger partial charge on any atom is -0.122 e. The molecule has 0 N–H and O–H groups in total. The van der Waals surface area contributed by atoms with Crippen LogP contribution in [0.2, 0.25) is 0 Å². The van der Waals surface area contributed by atoms with Crippen molar-refractivity contribution >= 4 is 11.6 Å². The van der Waals surface area contributed by atoms with E-state index in [2.05, 4.69) is 12.7 Å². The van der Waals surface area contributed by atoms with Gasteiger partial charge in [-0.25, -0.2) is 0 Å². The summed E-state index contributed by atoms with van der Waals surface area (Å²) >= 11 is 5.49. The van der Waals surface area contributed by atoms with Gasteiger partial charge >= 0.3 is 0 Å². The van der Waals surface area contributed by atoms with Crippen LogP contribution < -0.4 is 0 Å². The largest absolute Gasteiger partial charge is 0.122 e. The molecule has 0 rings (SSSR count). The number of allylic oxidation sites excluding steroid dienone is 3. The highest BCUT2D eigenvalue weighted by Crippen LogP contribution is 1.96. The lowest BCUT2D eigenvalue weighted by molar-refractivity contribution is 1.29. The van der Waals surface area contributed by atoms with Gasteiger partial charge in [-0.2, -0.15) is 0 Å². The van der Waals surface area contributed by atoms with Crippen LogP contribution in [0.3, 0.4) is 0 Å². The van der Waals surface area contributed by atoms with Crippen LogP contribution in [0.25, 0.3) is 0 Å². The second-order valence-electron chi connectivity index (χ2n) is 1.71. The van der Waals surface area contributed by atoms with Crippen LogP contribution in [-0.2, 0) is 0 Å². The third-order valence-corrected chi connectivity index (χ3v) is 1.27. The van der Waals surface area contributed by atoms with Gasteiger partial charge in [-0.05, 0) is 13.3 Å². The number of hydrogen-bond acceptors (Lipinski definition) is 0. The Balaban J connectivity index is 3.40. The Bertz CT molecular complexity index is 92.6. The van der Waals surface area contributed by atoms with Crippen molar-refractivity contribution in [1.29, 1.82) is 0 Å². The summed E-state index contributed by atoms with van der Waals surface area (Å²) in [6, 6.07) is 0. The molecular formula is C7H11Cl. The number of alkyl halides is 1. The molecule has 1 heteroatoms. The maximum absolute atomic E-state index is 5.49. The molecule has 0 unspecified atom stereocenters. The van der Waals surface area contributed by atoms with E-state index in [-0.39, 0.29) is 0 Å². The summed E-state index contributed by atoms with van der Waals surface area (Å²) in [5, 5.41) is 0.